The smallest absolute Gasteiger partial charge is 0.497 e. The number of alkyl halides is 2. The second-order valence-electron chi connectivity index (χ2n) is 11.1. The van der Waals surface area contributed by atoms with Gasteiger partial charge in [0.1, 0.15) is 17.6 Å². The van der Waals surface area contributed by atoms with Crippen molar-refractivity contribution in [2.24, 2.45) is 11.8 Å². The van der Waals surface area contributed by atoms with Crippen molar-refractivity contribution < 1.29 is 42.1 Å². The fourth-order valence-corrected chi connectivity index (χ4v) is 6.33. The molecule has 2 aromatic rings. The van der Waals surface area contributed by atoms with Crippen molar-refractivity contribution in [1.29, 1.82) is 0 Å². The van der Waals surface area contributed by atoms with Gasteiger partial charge in [-0.25, -0.2) is 0 Å². The summed E-state index contributed by atoms with van der Waals surface area (Å²) in [4.78, 5) is 26.0. The van der Waals surface area contributed by atoms with Gasteiger partial charge in [-0.3, -0.25) is 9.59 Å². The number of esters is 1. The molecule has 1 N–H and O–H groups in total. The van der Waals surface area contributed by atoms with Crippen LogP contribution in [0.5, 0.6) is 23.0 Å². The highest BCUT2D eigenvalue weighted by Gasteiger charge is 2.53. The average Bonchev–Trinajstić information content (AvgIpc) is 3.69. The third-order valence-electron chi connectivity index (χ3n) is 8.70. The number of fused-ring (bicyclic) bond motifs is 2. The Morgan fingerprint density at radius 2 is 1.75 bits per heavy atom. The van der Waals surface area contributed by atoms with Gasteiger partial charge in [-0.15, -0.1) is 8.78 Å². The molecule has 0 bridgehead atoms. The lowest BCUT2D eigenvalue weighted by Gasteiger charge is -2.39. The quantitative estimate of drug-likeness (QED) is 0.454. The standard InChI is InChI=1S/C30H33F2NO7/c1-3-37-27(34)18-6-4-17(5-7-18)24-16-22(21-10-9-20(36-2)15-25(21)38-24)33-28(35)29(12-13-29)19-8-11-23-26(14-19)40-30(31,32)39-23/h8-11,14-15,17-18,22,24H,3-7,12-13,16H2,1-2H3,(H,33,35)/t17?,18?,22-,24-/m1/s1. The van der Waals surface area contributed by atoms with Crippen LogP contribution in [0.3, 0.4) is 0 Å². The molecule has 0 aromatic heterocycles. The minimum Gasteiger partial charge on any atom is -0.497 e. The molecular formula is C30H33F2NO7. The van der Waals surface area contributed by atoms with Crippen molar-refractivity contribution in [2.45, 2.75) is 75.7 Å². The van der Waals surface area contributed by atoms with Crippen molar-refractivity contribution in [3.05, 3.63) is 47.5 Å². The van der Waals surface area contributed by atoms with Gasteiger partial charge < -0.3 is 29.0 Å². The van der Waals surface area contributed by atoms with Crippen molar-refractivity contribution in [3.8, 4) is 23.0 Å². The van der Waals surface area contributed by atoms with E-state index in [4.69, 9.17) is 14.2 Å². The predicted molar refractivity (Wildman–Crippen MR) is 139 cm³/mol. The Morgan fingerprint density at radius 1 is 1.00 bits per heavy atom. The molecule has 40 heavy (non-hydrogen) atoms. The maximum Gasteiger partial charge on any atom is 0.586 e. The molecule has 2 aliphatic heterocycles. The largest absolute Gasteiger partial charge is 0.586 e. The Hall–Kier alpha value is -3.56. The molecule has 8 nitrogen and oxygen atoms in total. The third kappa shape index (κ3) is 4.92. The number of hydrogen-bond donors (Lipinski definition) is 1. The molecule has 0 unspecified atom stereocenters. The van der Waals surface area contributed by atoms with E-state index in [1.807, 2.05) is 25.1 Å². The lowest BCUT2D eigenvalue weighted by atomic mass is 9.76. The van der Waals surface area contributed by atoms with E-state index < -0.39 is 11.7 Å². The molecule has 10 heteroatoms. The van der Waals surface area contributed by atoms with Crippen molar-refractivity contribution >= 4 is 11.9 Å². The highest BCUT2D eigenvalue weighted by molar-refractivity contribution is 5.92. The first-order chi connectivity index (χ1) is 19.2. The molecule has 214 valence electrons. The zero-order valence-electron chi connectivity index (χ0n) is 22.5. The van der Waals surface area contributed by atoms with Crippen LogP contribution >= 0.6 is 0 Å². The summed E-state index contributed by atoms with van der Waals surface area (Å²) in [5.74, 6) is 1.08. The fraction of sp³-hybridized carbons (Fsp3) is 0.533. The Labute approximate surface area is 231 Å². The molecule has 0 spiro atoms. The van der Waals surface area contributed by atoms with Crippen molar-refractivity contribution in [1.82, 2.24) is 5.32 Å². The summed E-state index contributed by atoms with van der Waals surface area (Å²) in [5, 5.41) is 3.26. The van der Waals surface area contributed by atoms with E-state index in [-0.39, 0.29) is 47.4 Å². The molecule has 2 aromatic carbocycles. The molecule has 1 amide bonds. The van der Waals surface area contributed by atoms with Crippen LogP contribution in [0, 0.1) is 11.8 Å². The summed E-state index contributed by atoms with van der Waals surface area (Å²) in [6.07, 6.45) is 1.11. The zero-order valence-corrected chi connectivity index (χ0v) is 22.5. The first kappa shape index (κ1) is 26.7. The number of hydrogen-bond acceptors (Lipinski definition) is 7. The van der Waals surface area contributed by atoms with Crippen LogP contribution in [-0.2, 0) is 19.7 Å². The van der Waals surface area contributed by atoms with Gasteiger partial charge in [0, 0.05) is 18.1 Å². The van der Waals surface area contributed by atoms with Gasteiger partial charge in [-0.05, 0) is 81.2 Å². The van der Waals surface area contributed by atoms with Crippen LogP contribution < -0.4 is 24.3 Å². The average molecular weight is 558 g/mol. The molecule has 2 aliphatic carbocycles. The number of rotatable bonds is 7. The van der Waals surface area contributed by atoms with Crippen LogP contribution in [0.2, 0.25) is 0 Å². The minimum absolute atomic E-state index is 0.0437. The van der Waals surface area contributed by atoms with Gasteiger partial charge in [-0.2, -0.15) is 0 Å². The van der Waals surface area contributed by atoms with E-state index in [2.05, 4.69) is 14.8 Å². The highest BCUT2D eigenvalue weighted by Crippen LogP contribution is 2.53. The normalized spacial score (nSPS) is 27.1. The van der Waals surface area contributed by atoms with E-state index in [0.29, 0.717) is 42.9 Å². The lowest BCUT2D eigenvalue weighted by Crippen LogP contribution is -2.43. The minimum atomic E-state index is -3.71. The van der Waals surface area contributed by atoms with Gasteiger partial charge >= 0.3 is 12.3 Å². The maximum atomic E-state index is 13.8. The summed E-state index contributed by atoms with van der Waals surface area (Å²) in [5.41, 5.74) is 0.682. The van der Waals surface area contributed by atoms with Gasteiger partial charge in [0.25, 0.3) is 0 Å². The number of amides is 1. The first-order valence-corrected chi connectivity index (χ1v) is 13.9. The number of carbonyl (C=O) groups is 2. The molecule has 4 aliphatic rings. The Morgan fingerprint density at radius 3 is 2.45 bits per heavy atom. The number of ether oxygens (including phenoxy) is 5. The number of halogens is 2. The van der Waals surface area contributed by atoms with Gasteiger partial charge in [0.05, 0.1) is 31.1 Å². The second kappa shape index (κ2) is 10.1. The molecular weight excluding hydrogens is 524 g/mol. The fourth-order valence-electron chi connectivity index (χ4n) is 6.33. The summed E-state index contributed by atoms with van der Waals surface area (Å²) in [6, 6.07) is 9.87. The molecule has 0 radical (unpaired) electrons. The molecule has 0 saturated heterocycles. The maximum absolute atomic E-state index is 13.8. The first-order valence-electron chi connectivity index (χ1n) is 13.9. The van der Waals surface area contributed by atoms with Gasteiger partial charge in [-0.1, -0.05) is 6.07 Å². The SMILES string of the molecule is CCOC(=O)C1CCC([C@H]2C[C@@H](NC(=O)C3(c4ccc5c(c4)OC(F)(F)O5)CC3)c3ccc(OC)cc3O2)CC1. The number of nitrogens with one attached hydrogen (secondary N) is 1. The van der Waals surface area contributed by atoms with Crippen LogP contribution in [0.15, 0.2) is 36.4 Å². The third-order valence-corrected chi connectivity index (χ3v) is 8.70. The molecule has 6 rings (SSSR count). The number of methoxy groups -OCH3 is 1. The van der Waals surface area contributed by atoms with Crippen LogP contribution in [-0.4, -0.2) is 38.0 Å². The molecule has 2 heterocycles. The summed E-state index contributed by atoms with van der Waals surface area (Å²) in [7, 11) is 1.59. The van der Waals surface area contributed by atoms with Gasteiger partial charge in [0.2, 0.25) is 5.91 Å². The second-order valence-corrected chi connectivity index (χ2v) is 11.1. The summed E-state index contributed by atoms with van der Waals surface area (Å²) in [6.45, 7) is 2.20. The zero-order chi connectivity index (χ0) is 28.1. The van der Waals surface area contributed by atoms with E-state index >= 15 is 0 Å². The lowest BCUT2D eigenvalue weighted by molar-refractivity contribution is -0.286. The van der Waals surface area contributed by atoms with Crippen LogP contribution in [0.25, 0.3) is 0 Å². The Bertz CT molecular complexity index is 1300. The Kier molecular flexibility index (Phi) is 6.74. The monoisotopic (exact) mass is 557 g/mol. The number of carbonyl (C=O) groups excluding carboxylic acids is 2. The topological polar surface area (TPSA) is 92.3 Å². The van der Waals surface area contributed by atoms with Gasteiger partial charge in [0.15, 0.2) is 11.5 Å². The Balaban J connectivity index is 1.20. The molecule has 2 saturated carbocycles. The van der Waals surface area contributed by atoms with Crippen molar-refractivity contribution in [3.63, 3.8) is 0 Å². The number of benzene rings is 2. The molecule has 2 atom stereocenters. The van der Waals surface area contributed by atoms with Crippen LogP contribution in [0.1, 0.15) is 69.0 Å². The predicted octanol–water partition coefficient (Wildman–Crippen LogP) is 5.43. The van der Waals surface area contributed by atoms with E-state index in [0.717, 1.165) is 31.2 Å². The van der Waals surface area contributed by atoms with E-state index in [1.165, 1.54) is 12.1 Å². The summed E-state index contributed by atoms with van der Waals surface area (Å²) < 4.78 is 53.4. The highest BCUT2D eigenvalue weighted by atomic mass is 19.3. The summed E-state index contributed by atoms with van der Waals surface area (Å²) >= 11 is 0. The van der Waals surface area contributed by atoms with E-state index in [1.54, 1.807) is 13.2 Å². The van der Waals surface area contributed by atoms with Crippen LogP contribution in [0.4, 0.5) is 8.78 Å². The van der Waals surface area contributed by atoms with Crippen molar-refractivity contribution in [2.75, 3.05) is 13.7 Å². The van der Waals surface area contributed by atoms with E-state index in [9.17, 15) is 18.4 Å². The molecule has 2 fully saturated rings.